The van der Waals surface area contributed by atoms with Crippen LogP contribution in [-0.4, -0.2) is 53.7 Å². The molecule has 3 amide bonds. The number of nitrogens with zero attached hydrogens (tertiary/aromatic N) is 2. The third-order valence-corrected chi connectivity index (χ3v) is 6.01. The molecule has 0 unspecified atom stereocenters. The minimum absolute atomic E-state index is 0.00842. The van der Waals surface area contributed by atoms with Crippen molar-refractivity contribution in [3.63, 3.8) is 0 Å². The standard InChI is InChI=1S/C23H27N3O4/c27-21-7-4-11-26(21)15-20(17-5-2-1-3-6-17)24-22(28)18-8-12-25(13-9-18)23(29)19-10-14-30-16-19/h1-3,5-6,10,14,16,18,20H,4,7-9,11-13,15H2,(H,24,28)/t20-/m1/s1. The average Bonchev–Trinajstić information content (AvgIpc) is 3.46. The largest absolute Gasteiger partial charge is 0.472 e. The van der Waals surface area contributed by atoms with Crippen molar-refractivity contribution in [2.45, 2.75) is 31.7 Å². The Labute approximate surface area is 176 Å². The van der Waals surface area contributed by atoms with Crippen molar-refractivity contribution in [3.8, 4) is 0 Å². The van der Waals surface area contributed by atoms with Crippen molar-refractivity contribution in [1.82, 2.24) is 15.1 Å². The zero-order valence-corrected chi connectivity index (χ0v) is 17.0. The summed E-state index contributed by atoms with van der Waals surface area (Å²) in [6.07, 6.45) is 5.64. The van der Waals surface area contributed by atoms with E-state index < -0.39 is 0 Å². The Morgan fingerprint density at radius 2 is 1.87 bits per heavy atom. The lowest BCUT2D eigenvalue weighted by atomic mass is 9.94. The summed E-state index contributed by atoms with van der Waals surface area (Å²) in [4.78, 5) is 41.2. The second kappa shape index (κ2) is 9.15. The average molecular weight is 409 g/mol. The SMILES string of the molecule is O=C(N[C@H](CN1CCCC1=O)c1ccccc1)C1CCN(C(=O)c2ccoc2)CC1. The monoisotopic (exact) mass is 409 g/mol. The number of benzene rings is 1. The zero-order valence-electron chi connectivity index (χ0n) is 17.0. The van der Waals surface area contributed by atoms with Gasteiger partial charge in [0.15, 0.2) is 0 Å². The summed E-state index contributed by atoms with van der Waals surface area (Å²) in [5.74, 6) is -0.0571. The number of carbonyl (C=O) groups is 3. The minimum atomic E-state index is -0.230. The molecule has 0 bridgehead atoms. The lowest BCUT2D eigenvalue weighted by Gasteiger charge is -2.32. The first-order chi connectivity index (χ1) is 14.6. The first-order valence-electron chi connectivity index (χ1n) is 10.6. The van der Waals surface area contributed by atoms with Gasteiger partial charge in [-0.2, -0.15) is 0 Å². The summed E-state index contributed by atoms with van der Waals surface area (Å²) in [6.45, 7) is 2.32. The molecule has 2 saturated heterocycles. The number of hydrogen-bond donors (Lipinski definition) is 1. The molecule has 0 spiro atoms. The maximum atomic E-state index is 13.0. The van der Waals surface area contributed by atoms with Gasteiger partial charge in [0.1, 0.15) is 6.26 Å². The predicted molar refractivity (Wildman–Crippen MR) is 110 cm³/mol. The zero-order chi connectivity index (χ0) is 20.9. The highest BCUT2D eigenvalue weighted by Gasteiger charge is 2.31. The van der Waals surface area contributed by atoms with Crippen molar-refractivity contribution in [2.75, 3.05) is 26.2 Å². The van der Waals surface area contributed by atoms with E-state index in [0.717, 1.165) is 18.5 Å². The Balaban J connectivity index is 1.37. The molecule has 2 aromatic rings. The topological polar surface area (TPSA) is 82.9 Å². The quantitative estimate of drug-likeness (QED) is 0.795. The molecule has 0 saturated carbocycles. The van der Waals surface area contributed by atoms with Gasteiger partial charge in [0.2, 0.25) is 11.8 Å². The van der Waals surface area contributed by atoms with Crippen molar-refractivity contribution >= 4 is 17.7 Å². The van der Waals surface area contributed by atoms with Gasteiger partial charge in [-0.15, -0.1) is 0 Å². The maximum absolute atomic E-state index is 13.0. The Bertz CT molecular complexity index is 873. The fourth-order valence-corrected chi connectivity index (χ4v) is 4.24. The Hall–Kier alpha value is -3.09. The van der Waals surface area contributed by atoms with E-state index in [0.29, 0.717) is 44.5 Å². The fourth-order valence-electron chi connectivity index (χ4n) is 4.24. The summed E-state index contributed by atoms with van der Waals surface area (Å²) >= 11 is 0. The lowest BCUT2D eigenvalue weighted by Crippen LogP contribution is -2.45. The van der Waals surface area contributed by atoms with E-state index in [1.807, 2.05) is 35.2 Å². The molecule has 158 valence electrons. The second-order valence-electron chi connectivity index (χ2n) is 7.99. The maximum Gasteiger partial charge on any atom is 0.257 e. The van der Waals surface area contributed by atoms with Crippen LogP contribution in [0.2, 0.25) is 0 Å². The molecule has 3 heterocycles. The molecular formula is C23H27N3O4. The number of piperidine rings is 1. The molecule has 2 aliphatic heterocycles. The molecular weight excluding hydrogens is 382 g/mol. The molecule has 1 atom stereocenters. The van der Waals surface area contributed by atoms with E-state index in [4.69, 9.17) is 4.42 Å². The first-order valence-corrected chi connectivity index (χ1v) is 10.6. The third kappa shape index (κ3) is 4.56. The van der Waals surface area contributed by atoms with Crippen LogP contribution in [0.5, 0.6) is 0 Å². The molecule has 4 rings (SSSR count). The number of likely N-dealkylation sites (tertiary alicyclic amines) is 2. The lowest BCUT2D eigenvalue weighted by molar-refractivity contribution is -0.130. The van der Waals surface area contributed by atoms with E-state index in [-0.39, 0.29) is 29.7 Å². The summed E-state index contributed by atoms with van der Waals surface area (Å²) in [7, 11) is 0. The number of nitrogens with one attached hydrogen (secondary N) is 1. The molecule has 30 heavy (non-hydrogen) atoms. The van der Waals surface area contributed by atoms with Crippen LogP contribution < -0.4 is 5.32 Å². The molecule has 1 N–H and O–H groups in total. The van der Waals surface area contributed by atoms with Crippen molar-refractivity contribution in [1.29, 1.82) is 0 Å². The van der Waals surface area contributed by atoms with Crippen molar-refractivity contribution in [2.24, 2.45) is 5.92 Å². The van der Waals surface area contributed by atoms with E-state index >= 15 is 0 Å². The van der Waals surface area contributed by atoms with Crippen LogP contribution in [0.4, 0.5) is 0 Å². The van der Waals surface area contributed by atoms with Crippen LogP contribution >= 0.6 is 0 Å². The van der Waals surface area contributed by atoms with Crippen LogP contribution in [-0.2, 0) is 9.59 Å². The van der Waals surface area contributed by atoms with Gasteiger partial charge in [-0.25, -0.2) is 0 Å². The van der Waals surface area contributed by atoms with Crippen molar-refractivity contribution in [3.05, 3.63) is 60.1 Å². The predicted octanol–water partition coefficient (Wildman–Crippen LogP) is 2.61. The summed E-state index contributed by atoms with van der Waals surface area (Å²) in [5.41, 5.74) is 1.54. The normalized spacial score (nSPS) is 18.5. The van der Waals surface area contributed by atoms with Crippen LogP contribution in [0.25, 0.3) is 0 Å². The van der Waals surface area contributed by atoms with Gasteiger partial charge in [-0.3, -0.25) is 14.4 Å². The number of rotatable bonds is 6. The highest BCUT2D eigenvalue weighted by atomic mass is 16.3. The smallest absolute Gasteiger partial charge is 0.257 e. The molecule has 1 aromatic heterocycles. The van der Waals surface area contributed by atoms with Crippen LogP contribution in [0.15, 0.2) is 53.3 Å². The second-order valence-corrected chi connectivity index (χ2v) is 7.99. The summed E-state index contributed by atoms with van der Waals surface area (Å²) in [5, 5.41) is 3.17. The van der Waals surface area contributed by atoms with E-state index in [2.05, 4.69) is 5.32 Å². The van der Waals surface area contributed by atoms with Gasteiger partial charge in [0.25, 0.3) is 5.91 Å². The Morgan fingerprint density at radius 1 is 1.10 bits per heavy atom. The minimum Gasteiger partial charge on any atom is -0.472 e. The number of hydrogen-bond acceptors (Lipinski definition) is 4. The molecule has 7 nitrogen and oxygen atoms in total. The van der Waals surface area contributed by atoms with Crippen LogP contribution in [0.1, 0.15) is 47.6 Å². The van der Waals surface area contributed by atoms with Gasteiger partial charge in [-0.05, 0) is 30.9 Å². The van der Waals surface area contributed by atoms with E-state index in [1.54, 1.807) is 11.0 Å². The highest BCUT2D eigenvalue weighted by molar-refractivity contribution is 5.94. The van der Waals surface area contributed by atoms with Gasteiger partial charge in [0, 0.05) is 38.5 Å². The molecule has 7 heteroatoms. The number of furan rings is 1. The van der Waals surface area contributed by atoms with Crippen molar-refractivity contribution < 1.29 is 18.8 Å². The van der Waals surface area contributed by atoms with Crippen LogP contribution in [0.3, 0.4) is 0 Å². The van der Waals surface area contributed by atoms with E-state index in [9.17, 15) is 14.4 Å². The number of amides is 3. The first kappa shape index (κ1) is 20.2. The fraction of sp³-hybridized carbons (Fsp3) is 0.435. The Morgan fingerprint density at radius 3 is 2.50 bits per heavy atom. The number of carbonyl (C=O) groups excluding carboxylic acids is 3. The van der Waals surface area contributed by atoms with Crippen LogP contribution in [0, 0.1) is 5.92 Å². The van der Waals surface area contributed by atoms with Gasteiger partial charge < -0.3 is 19.5 Å². The molecule has 0 radical (unpaired) electrons. The van der Waals surface area contributed by atoms with Gasteiger partial charge in [-0.1, -0.05) is 30.3 Å². The molecule has 2 fully saturated rings. The molecule has 1 aromatic carbocycles. The molecule has 0 aliphatic carbocycles. The van der Waals surface area contributed by atoms with E-state index in [1.165, 1.54) is 12.5 Å². The summed E-state index contributed by atoms with van der Waals surface area (Å²) in [6, 6.07) is 11.2. The van der Waals surface area contributed by atoms with Gasteiger partial charge >= 0.3 is 0 Å². The highest BCUT2D eigenvalue weighted by Crippen LogP contribution is 2.23. The Kier molecular flexibility index (Phi) is 6.16. The summed E-state index contributed by atoms with van der Waals surface area (Å²) < 4.78 is 4.99. The molecule has 2 aliphatic rings. The third-order valence-electron chi connectivity index (χ3n) is 6.01. The van der Waals surface area contributed by atoms with Gasteiger partial charge in [0.05, 0.1) is 17.9 Å².